The predicted octanol–water partition coefficient (Wildman–Crippen LogP) is -1.39. The third-order valence-electron chi connectivity index (χ3n) is 2.41. The molecular weight excluding hydrogens is 168 g/mol. The van der Waals surface area contributed by atoms with Crippen LogP contribution in [-0.2, 0) is 4.74 Å². The molecule has 1 atom stereocenters. The molecule has 0 aliphatic carbocycles. The van der Waals surface area contributed by atoms with Gasteiger partial charge in [-0.3, -0.25) is 4.90 Å². The Hall–Kier alpha value is -0.810. The molecule has 0 aromatic heterocycles. The molecular formula is C8H16N4O. The summed E-state index contributed by atoms with van der Waals surface area (Å²) in [5.41, 5.74) is 5.43. The topological polar surface area (TPSA) is 62.9 Å². The van der Waals surface area contributed by atoms with Crippen LogP contribution in [0, 0.1) is 0 Å². The average molecular weight is 184 g/mol. The fourth-order valence-electron chi connectivity index (χ4n) is 1.71. The second-order valence-corrected chi connectivity index (χ2v) is 3.47. The number of piperazine rings is 1. The van der Waals surface area contributed by atoms with Gasteiger partial charge in [0.25, 0.3) is 6.02 Å². The van der Waals surface area contributed by atoms with E-state index in [4.69, 9.17) is 10.5 Å². The minimum Gasteiger partial charge on any atom is -0.459 e. The van der Waals surface area contributed by atoms with Gasteiger partial charge in [-0.15, -0.1) is 0 Å². The highest BCUT2D eigenvalue weighted by Gasteiger charge is 2.21. The lowest BCUT2D eigenvalue weighted by Gasteiger charge is -2.28. The number of nitrogens with zero attached hydrogens (tertiary/aromatic N) is 2. The quantitative estimate of drug-likeness (QED) is 0.554. The Morgan fingerprint density at radius 2 is 2.31 bits per heavy atom. The number of hydrogen-bond acceptors (Lipinski definition) is 5. The minimum absolute atomic E-state index is 0.179. The average Bonchev–Trinajstić information content (AvgIpc) is 2.53. The Balaban J connectivity index is 1.72. The maximum Gasteiger partial charge on any atom is 0.282 e. The molecule has 1 unspecified atom stereocenters. The zero-order valence-electron chi connectivity index (χ0n) is 7.70. The highest BCUT2D eigenvalue weighted by molar-refractivity contribution is 5.73. The molecule has 2 rings (SSSR count). The fraction of sp³-hybridized carbons (Fsp3) is 0.875. The van der Waals surface area contributed by atoms with E-state index in [-0.39, 0.29) is 6.10 Å². The van der Waals surface area contributed by atoms with Gasteiger partial charge in [-0.2, -0.15) is 0 Å². The van der Waals surface area contributed by atoms with E-state index in [2.05, 4.69) is 15.2 Å². The summed E-state index contributed by atoms with van der Waals surface area (Å²) in [5, 5.41) is 3.31. The summed E-state index contributed by atoms with van der Waals surface area (Å²) >= 11 is 0. The summed E-state index contributed by atoms with van der Waals surface area (Å²) in [4.78, 5) is 6.40. The molecule has 2 aliphatic heterocycles. The summed E-state index contributed by atoms with van der Waals surface area (Å²) in [7, 11) is 0. The monoisotopic (exact) mass is 184 g/mol. The SMILES string of the molecule is NC1=NCC(CN2CCNCC2)O1. The van der Waals surface area contributed by atoms with Crippen LogP contribution in [0.25, 0.3) is 0 Å². The second-order valence-electron chi connectivity index (χ2n) is 3.47. The lowest BCUT2D eigenvalue weighted by atomic mass is 10.3. The van der Waals surface area contributed by atoms with Gasteiger partial charge in [0, 0.05) is 32.7 Å². The normalized spacial score (nSPS) is 29.8. The molecule has 0 spiro atoms. The van der Waals surface area contributed by atoms with Crippen molar-refractivity contribution in [3.8, 4) is 0 Å². The van der Waals surface area contributed by atoms with E-state index in [1.54, 1.807) is 0 Å². The van der Waals surface area contributed by atoms with Crippen molar-refractivity contribution in [1.82, 2.24) is 10.2 Å². The molecule has 13 heavy (non-hydrogen) atoms. The van der Waals surface area contributed by atoms with Crippen LogP contribution in [-0.4, -0.2) is 56.3 Å². The molecule has 0 aromatic carbocycles. The lowest BCUT2D eigenvalue weighted by Crippen LogP contribution is -2.47. The first-order chi connectivity index (χ1) is 6.34. The van der Waals surface area contributed by atoms with E-state index < -0.39 is 0 Å². The lowest BCUT2D eigenvalue weighted by molar-refractivity contribution is 0.134. The smallest absolute Gasteiger partial charge is 0.282 e. The van der Waals surface area contributed by atoms with Crippen LogP contribution in [0.3, 0.4) is 0 Å². The van der Waals surface area contributed by atoms with Crippen LogP contribution in [0.5, 0.6) is 0 Å². The van der Waals surface area contributed by atoms with E-state index in [1.807, 2.05) is 0 Å². The van der Waals surface area contributed by atoms with Crippen LogP contribution >= 0.6 is 0 Å². The highest BCUT2D eigenvalue weighted by Crippen LogP contribution is 2.04. The largest absolute Gasteiger partial charge is 0.459 e. The maximum absolute atomic E-state index is 5.43. The maximum atomic E-state index is 5.43. The van der Waals surface area contributed by atoms with Crippen molar-refractivity contribution in [2.45, 2.75) is 6.10 Å². The molecule has 0 amide bonds. The van der Waals surface area contributed by atoms with Crippen molar-refractivity contribution < 1.29 is 4.74 Å². The van der Waals surface area contributed by atoms with Gasteiger partial charge in [0.05, 0.1) is 6.54 Å². The molecule has 2 aliphatic rings. The van der Waals surface area contributed by atoms with Gasteiger partial charge < -0.3 is 15.8 Å². The van der Waals surface area contributed by atoms with Crippen LogP contribution in [0.2, 0.25) is 0 Å². The minimum atomic E-state index is 0.179. The van der Waals surface area contributed by atoms with Gasteiger partial charge >= 0.3 is 0 Å². The number of nitrogens with one attached hydrogen (secondary N) is 1. The van der Waals surface area contributed by atoms with Crippen molar-refractivity contribution in [1.29, 1.82) is 0 Å². The van der Waals surface area contributed by atoms with Crippen molar-refractivity contribution in [3.63, 3.8) is 0 Å². The van der Waals surface area contributed by atoms with Crippen LogP contribution in [0.15, 0.2) is 4.99 Å². The van der Waals surface area contributed by atoms with E-state index in [9.17, 15) is 0 Å². The highest BCUT2D eigenvalue weighted by atomic mass is 16.5. The van der Waals surface area contributed by atoms with Gasteiger partial charge in [-0.1, -0.05) is 0 Å². The first kappa shape index (κ1) is 8.77. The molecule has 1 fully saturated rings. The Kier molecular flexibility index (Phi) is 2.65. The summed E-state index contributed by atoms with van der Waals surface area (Å²) in [6, 6.07) is 0.347. The summed E-state index contributed by atoms with van der Waals surface area (Å²) < 4.78 is 5.33. The van der Waals surface area contributed by atoms with Crippen molar-refractivity contribution in [3.05, 3.63) is 0 Å². The molecule has 2 heterocycles. The summed E-state index contributed by atoms with van der Waals surface area (Å²) in [6.45, 7) is 6.01. The Morgan fingerprint density at radius 1 is 1.54 bits per heavy atom. The first-order valence-corrected chi connectivity index (χ1v) is 4.74. The number of ether oxygens (including phenoxy) is 1. The zero-order valence-corrected chi connectivity index (χ0v) is 7.70. The molecule has 1 saturated heterocycles. The summed E-state index contributed by atoms with van der Waals surface area (Å²) in [6.07, 6.45) is 0.179. The van der Waals surface area contributed by atoms with Crippen LogP contribution in [0.1, 0.15) is 0 Å². The molecule has 3 N–H and O–H groups in total. The van der Waals surface area contributed by atoms with Crippen LogP contribution < -0.4 is 11.1 Å². The van der Waals surface area contributed by atoms with Crippen molar-refractivity contribution >= 4 is 6.02 Å². The molecule has 5 heteroatoms. The number of rotatable bonds is 2. The fourth-order valence-corrected chi connectivity index (χ4v) is 1.71. The van der Waals surface area contributed by atoms with Gasteiger partial charge in [0.1, 0.15) is 6.10 Å². The number of nitrogens with two attached hydrogens (primary N) is 1. The van der Waals surface area contributed by atoms with E-state index >= 15 is 0 Å². The Bertz CT molecular complexity index is 200. The molecule has 0 saturated carbocycles. The Labute approximate surface area is 77.9 Å². The second kappa shape index (κ2) is 3.93. The number of amidine groups is 1. The number of aliphatic imine (C=N–C) groups is 1. The molecule has 0 aromatic rings. The summed E-state index contributed by atoms with van der Waals surface area (Å²) in [5.74, 6) is 0. The molecule has 74 valence electrons. The van der Waals surface area contributed by atoms with E-state index in [1.165, 1.54) is 0 Å². The Morgan fingerprint density at radius 3 is 2.92 bits per heavy atom. The van der Waals surface area contributed by atoms with Gasteiger partial charge in [0.15, 0.2) is 0 Å². The van der Waals surface area contributed by atoms with Crippen LogP contribution in [0.4, 0.5) is 0 Å². The van der Waals surface area contributed by atoms with Gasteiger partial charge in [-0.25, -0.2) is 4.99 Å². The standard InChI is InChI=1S/C8H16N4O/c9-8-11-5-7(13-8)6-12-3-1-10-2-4-12/h7,10H,1-6H2,(H2,9,11). The van der Waals surface area contributed by atoms with Crippen molar-refractivity contribution in [2.75, 3.05) is 39.3 Å². The van der Waals surface area contributed by atoms with E-state index in [0.29, 0.717) is 6.02 Å². The molecule has 0 bridgehead atoms. The van der Waals surface area contributed by atoms with Gasteiger partial charge in [0.2, 0.25) is 0 Å². The first-order valence-electron chi connectivity index (χ1n) is 4.74. The van der Waals surface area contributed by atoms with Gasteiger partial charge in [-0.05, 0) is 0 Å². The third kappa shape index (κ3) is 2.32. The molecule has 5 nitrogen and oxygen atoms in total. The predicted molar refractivity (Wildman–Crippen MR) is 50.7 cm³/mol. The van der Waals surface area contributed by atoms with E-state index in [0.717, 1.165) is 39.3 Å². The third-order valence-corrected chi connectivity index (χ3v) is 2.41. The molecule has 0 radical (unpaired) electrons. The number of hydrogen-bond donors (Lipinski definition) is 2. The zero-order chi connectivity index (χ0) is 9.10. The van der Waals surface area contributed by atoms with Crippen molar-refractivity contribution in [2.24, 2.45) is 10.7 Å².